The number of carbonyl (C=O) groups is 1. The third kappa shape index (κ3) is 5.57. The second-order valence-corrected chi connectivity index (χ2v) is 9.79. The molecule has 0 radical (unpaired) electrons. The lowest BCUT2D eigenvalue weighted by Crippen LogP contribution is -2.47. The van der Waals surface area contributed by atoms with E-state index in [0.717, 1.165) is 4.47 Å². The maximum Gasteiger partial charge on any atom is 0.265 e. The summed E-state index contributed by atoms with van der Waals surface area (Å²) in [6.07, 6.45) is -0.742. The van der Waals surface area contributed by atoms with Gasteiger partial charge in [-0.05, 0) is 56.4 Å². The van der Waals surface area contributed by atoms with Crippen molar-refractivity contribution in [3.05, 3.63) is 53.0 Å². The molecule has 1 aliphatic rings. The highest BCUT2D eigenvalue weighted by Crippen LogP contribution is 2.22. The van der Waals surface area contributed by atoms with Crippen LogP contribution in [0.2, 0.25) is 0 Å². The van der Waals surface area contributed by atoms with Crippen molar-refractivity contribution in [2.24, 2.45) is 0 Å². The van der Waals surface area contributed by atoms with Crippen LogP contribution in [-0.2, 0) is 14.8 Å². The zero-order chi connectivity index (χ0) is 21.0. The molecular weight excluding hydrogens is 458 g/mol. The Hall–Kier alpha value is -1.94. The topological polar surface area (TPSA) is 78.9 Å². The number of rotatable bonds is 6. The highest BCUT2D eigenvalue weighted by atomic mass is 79.9. The summed E-state index contributed by atoms with van der Waals surface area (Å²) in [5, 5.41) is 2.73. The fourth-order valence-electron chi connectivity index (χ4n) is 2.93. The molecule has 1 fully saturated rings. The molecule has 0 spiro atoms. The number of ether oxygens (including phenoxy) is 1. The molecule has 2 aromatic carbocycles. The van der Waals surface area contributed by atoms with Crippen molar-refractivity contribution < 1.29 is 17.9 Å². The van der Waals surface area contributed by atoms with Crippen LogP contribution in [0.4, 0.5) is 5.69 Å². The van der Waals surface area contributed by atoms with Gasteiger partial charge in [0.15, 0.2) is 6.10 Å². The standard InChI is InChI=1S/C20H24BrN3O4S/c1-15(28-18-8-6-16(21)7-9-18)20(25)22-17-4-3-5-19(14-17)29(26,27)24-12-10-23(2)11-13-24/h3-9,14-15H,10-13H2,1-2H3,(H,22,25). The smallest absolute Gasteiger partial charge is 0.265 e. The Morgan fingerprint density at radius 2 is 1.76 bits per heavy atom. The van der Waals surface area contributed by atoms with Crippen LogP contribution < -0.4 is 10.1 Å². The van der Waals surface area contributed by atoms with E-state index in [2.05, 4.69) is 26.1 Å². The van der Waals surface area contributed by atoms with Gasteiger partial charge in [0.05, 0.1) is 4.90 Å². The summed E-state index contributed by atoms with van der Waals surface area (Å²) >= 11 is 3.35. The molecule has 1 N–H and O–H groups in total. The van der Waals surface area contributed by atoms with Crippen LogP contribution in [0.25, 0.3) is 0 Å². The molecule has 1 unspecified atom stereocenters. The molecule has 1 aliphatic heterocycles. The van der Waals surface area contributed by atoms with Gasteiger partial charge in [0, 0.05) is 36.3 Å². The molecule has 3 rings (SSSR count). The summed E-state index contributed by atoms with van der Waals surface area (Å²) in [6, 6.07) is 13.5. The van der Waals surface area contributed by atoms with Crippen LogP contribution in [0, 0.1) is 0 Å². The Morgan fingerprint density at radius 3 is 2.41 bits per heavy atom. The van der Waals surface area contributed by atoms with Crippen molar-refractivity contribution in [1.29, 1.82) is 0 Å². The number of hydrogen-bond donors (Lipinski definition) is 1. The van der Waals surface area contributed by atoms with Crippen molar-refractivity contribution in [2.75, 3.05) is 38.5 Å². The van der Waals surface area contributed by atoms with Crippen molar-refractivity contribution in [1.82, 2.24) is 9.21 Å². The molecule has 29 heavy (non-hydrogen) atoms. The van der Waals surface area contributed by atoms with Gasteiger partial charge < -0.3 is 15.0 Å². The van der Waals surface area contributed by atoms with Crippen LogP contribution >= 0.6 is 15.9 Å². The van der Waals surface area contributed by atoms with Crippen LogP contribution in [0.1, 0.15) is 6.92 Å². The van der Waals surface area contributed by atoms with E-state index < -0.39 is 16.1 Å². The molecule has 156 valence electrons. The Kier molecular flexibility index (Phi) is 6.94. The number of anilines is 1. The third-order valence-corrected chi connectivity index (χ3v) is 7.12. The molecule has 0 aromatic heterocycles. The average molecular weight is 482 g/mol. The minimum Gasteiger partial charge on any atom is -0.481 e. The highest BCUT2D eigenvalue weighted by molar-refractivity contribution is 9.10. The third-order valence-electron chi connectivity index (χ3n) is 4.70. The number of likely N-dealkylation sites (N-methyl/N-ethyl adjacent to an activating group) is 1. The summed E-state index contributed by atoms with van der Waals surface area (Å²) in [6.45, 7) is 3.93. The van der Waals surface area contributed by atoms with Crippen molar-refractivity contribution in [2.45, 2.75) is 17.9 Å². The van der Waals surface area contributed by atoms with E-state index in [1.165, 1.54) is 10.4 Å². The maximum atomic E-state index is 12.9. The van der Waals surface area contributed by atoms with Crippen molar-refractivity contribution in [3.63, 3.8) is 0 Å². The first-order valence-corrected chi connectivity index (χ1v) is 11.5. The van der Waals surface area contributed by atoms with Gasteiger partial charge in [-0.3, -0.25) is 4.79 Å². The van der Waals surface area contributed by atoms with Crippen molar-refractivity contribution >= 4 is 37.5 Å². The Bertz CT molecular complexity index is 958. The SMILES string of the molecule is CC(Oc1ccc(Br)cc1)C(=O)Nc1cccc(S(=O)(=O)N2CCN(C)CC2)c1. The van der Waals surface area contributed by atoms with Gasteiger partial charge in [0.2, 0.25) is 10.0 Å². The van der Waals surface area contributed by atoms with E-state index in [4.69, 9.17) is 4.74 Å². The molecule has 0 saturated carbocycles. The van der Waals surface area contributed by atoms with Gasteiger partial charge in [-0.15, -0.1) is 0 Å². The normalized spacial score (nSPS) is 16.9. The largest absolute Gasteiger partial charge is 0.481 e. The number of carbonyl (C=O) groups excluding carboxylic acids is 1. The quantitative estimate of drug-likeness (QED) is 0.685. The predicted octanol–water partition coefficient (Wildman–Crippen LogP) is 2.79. The van der Waals surface area contributed by atoms with Gasteiger partial charge in [0.1, 0.15) is 5.75 Å². The van der Waals surface area contributed by atoms with E-state index in [1.54, 1.807) is 37.3 Å². The Balaban J connectivity index is 1.67. The average Bonchev–Trinajstić information content (AvgIpc) is 2.70. The number of amides is 1. The molecule has 0 aliphatic carbocycles. The van der Waals surface area contributed by atoms with E-state index in [-0.39, 0.29) is 10.8 Å². The lowest BCUT2D eigenvalue weighted by molar-refractivity contribution is -0.122. The molecule has 1 atom stereocenters. The Labute approximate surface area is 179 Å². The second-order valence-electron chi connectivity index (χ2n) is 6.94. The molecular formula is C20H24BrN3O4S. The molecule has 1 saturated heterocycles. The second kappa shape index (κ2) is 9.25. The number of benzene rings is 2. The molecule has 7 nitrogen and oxygen atoms in total. The van der Waals surface area contributed by atoms with Crippen LogP contribution in [-0.4, -0.2) is 62.9 Å². The zero-order valence-corrected chi connectivity index (χ0v) is 18.7. The number of sulfonamides is 1. The zero-order valence-electron chi connectivity index (χ0n) is 16.3. The number of hydrogen-bond acceptors (Lipinski definition) is 5. The molecule has 0 bridgehead atoms. The van der Waals surface area contributed by atoms with E-state index in [1.807, 2.05) is 19.2 Å². The Morgan fingerprint density at radius 1 is 1.10 bits per heavy atom. The van der Waals surface area contributed by atoms with Gasteiger partial charge in [-0.25, -0.2) is 8.42 Å². The van der Waals surface area contributed by atoms with Gasteiger partial charge in [-0.2, -0.15) is 4.31 Å². The highest BCUT2D eigenvalue weighted by Gasteiger charge is 2.27. The summed E-state index contributed by atoms with van der Waals surface area (Å²) in [4.78, 5) is 14.7. The first kappa shape index (κ1) is 21.8. The first-order valence-electron chi connectivity index (χ1n) is 9.27. The molecule has 2 aromatic rings. The van der Waals surface area contributed by atoms with E-state index in [9.17, 15) is 13.2 Å². The summed E-state index contributed by atoms with van der Waals surface area (Å²) in [5.41, 5.74) is 0.413. The van der Waals surface area contributed by atoms with Crippen LogP contribution in [0.3, 0.4) is 0 Å². The van der Waals surface area contributed by atoms with Crippen LogP contribution in [0.5, 0.6) is 5.75 Å². The number of halogens is 1. The number of piperazine rings is 1. The fourth-order valence-corrected chi connectivity index (χ4v) is 4.66. The summed E-state index contributed by atoms with van der Waals surface area (Å²) in [5.74, 6) is 0.212. The van der Waals surface area contributed by atoms with E-state index in [0.29, 0.717) is 37.6 Å². The molecule has 1 heterocycles. The molecule has 9 heteroatoms. The fraction of sp³-hybridized carbons (Fsp3) is 0.350. The van der Waals surface area contributed by atoms with Gasteiger partial charge in [0.25, 0.3) is 5.91 Å². The lowest BCUT2D eigenvalue weighted by atomic mass is 10.3. The number of nitrogens with zero attached hydrogens (tertiary/aromatic N) is 2. The first-order chi connectivity index (χ1) is 13.8. The van der Waals surface area contributed by atoms with E-state index >= 15 is 0 Å². The minimum atomic E-state index is -3.60. The summed E-state index contributed by atoms with van der Waals surface area (Å²) in [7, 11) is -1.63. The van der Waals surface area contributed by atoms with Crippen LogP contribution in [0.15, 0.2) is 57.9 Å². The minimum absolute atomic E-state index is 0.168. The predicted molar refractivity (Wildman–Crippen MR) is 116 cm³/mol. The van der Waals surface area contributed by atoms with Crippen molar-refractivity contribution in [3.8, 4) is 5.75 Å². The van der Waals surface area contributed by atoms with Gasteiger partial charge >= 0.3 is 0 Å². The van der Waals surface area contributed by atoms with Gasteiger partial charge in [-0.1, -0.05) is 22.0 Å². The lowest BCUT2D eigenvalue weighted by Gasteiger charge is -2.31. The number of nitrogens with one attached hydrogen (secondary N) is 1. The maximum absolute atomic E-state index is 12.9. The monoisotopic (exact) mass is 481 g/mol. The molecule has 1 amide bonds. The summed E-state index contributed by atoms with van der Waals surface area (Å²) < 4.78 is 33.8.